The molecule has 1 atom stereocenters. The molecule has 1 aromatic carbocycles. The molecule has 0 aromatic heterocycles. The summed E-state index contributed by atoms with van der Waals surface area (Å²) in [6.45, 7) is 3.62. The number of nitrogens with two attached hydrogens (primary N) is 1. The van der Waals surface area contributed by atoms with Crippen LogP contribution in [0.1, 0.15) is 12.5 Å². The summed E-state index contributed by atoms with van der Waals surface area (Å²) in [5.41, 5.74) is 7.88. The van der Waals surface area contributed by atoms with Crippen molar-refractivity contribution < 1.29 is 9.53 Å². The maximum absolute atomic E-state index is 11.3. The van der Waals surface area contributed by atoms with Gasteiger partial charge in [0.2, 0.25) is 0 Å². The van der Waals surface area contributed by atoms with E-state index < -0.39 is 6.10 Å². The van der Waals surface area contributed by atoms with E-state index in [1.165, 1.54) is 0 Å². The van der Waals surface area contributed by atoms with Gasteiger partial charge in [-0.1, -0.05) is 0 Å². The Morgan fingerprint density at radius 2 is 2.21 bits per heavy atom. The smallest absolute Gasteiger partial charge is 0.265 e. The van der Waals surface area contributed by atoms with Gasteiger partial charge < -0.3 is 15.8 Å². The second kappa shape index (κ2) is 2.90. The number of ether oxygens (including phenoxy) is 1. The molecule has 74 valence electrons. The first-order valence-electron chi connectivity index (χ1n) is 4.45. The Balaban J connectivity index is 2.51. The molecule has 4 nitrogen and oxygen atoms in total. The van der Waals surface area contributed by atoms with Crippen LogP contribution in [0.2, 0.25) is 0 Å². The van der Waals surface area contributed by atoms with E-state index in [2.05, 4.69) is 5.32 Å². The first kappa shape index (κ1) is 8.87. The molecule has 0 spiro atoms. The summed E-state index contributed by atoms with van der Waals surface area (Å²) in [4.78, 5) is 11.3. The van der Waals surface area contributed by atoms with Gasteiger partial charge in [0.25, 0.3) is 5.91 Å². The average molecular weight is 192 g/mol. The van der Waals surface area contributed by atoms with E-state index in [4.69, 9.17) is 10.5 Å². The van der Waals surface area contributed by atoms with Crippen molar-refractivity contribution >= 4 is 17.3 Å². The molecule has 1 aliphatic heterocycles. The van der Waals surface area contributed by atoms with Crippen LogP contribution in [-0.2, 0) is 4.79 Å². The quantitative estimate of drug-likeness (QED) is 0.609. The molecule has 2 rings (SSSR count). The highest BCUT2D eigenvalue weighted by atomic mass is 16.5. The number of fused-ring (bicyclic) bond motifs is 1. The van der Waals surface area contributed by atoms with Crippen LogP contribution in [0.15, 0.2) is 12.1 Å². The minimum atomic E-state index is -0.440. The number of hydrogen-bond donors (Lipinski definition) is 2. The maximum Gasteiger partial charge on any atom is 0.265 e. The summed E-state index contributed by atoms with van der Waals surface area (Å²) in [7, 11) is 0. The Bertz CT molecular complexity index is 401. The fourth-order valence-corrected chi connectivity index (χ4v) is 1.52. The average Bonchev–Trinajstić information content (AvgIpc) is 2.08. The molecule has 14 heavy (non-hydrogen) atoms. The Kier molecular flexibility index (Phi) is 1.84. The first-order valence-corrected chi connectivity index (χ1v) is 4.45. The Labute approximate surface area is 82.1 Å². The molecule has 0 fully saturated rings. The van der Waals surface area contributed by atoms with Crippen LogP contribution in [0.4, 0.5) is 11.4 Å². The van der Waals surface area contributed by atoms with E-state index in [-0.39, 0.29) is 5.91 Å². The monoisotopic (exact) mass is 192 g/mol. The number of amides is 1. The van der Waals surface area contributed by atoms with Gasteiger partial charge >= 0.3 is 0 Å². The number of hydrogen-bond acceptors (Lipinski definition) is 3. The lowest BCUT2D eigenvalue weighted by Gasteiger charge is -2.25. The third kappa shape index (κ3) is 1.28. The van der Waals surface area contributed by atoms with Crippen molar-refractivity contribution in [3.63, 3.8) is 0 Å². The van der Waals surface area contributed by atoms with E-state index in [0.29, 0.717) is 17.1 Å². The summed E-state index contributed by atoms with van der Waals surface area (Å²) in [5.74, 6) is 0.578. The lowest BCUT2D eigenvalue weighted by Crippen LogP contribution is -2.34. The van der Waals surface area contributed by atoms with E-state index in [1.807, 2.05) is 13.0 Å². The molecule has 1 aromatic rings. The Morgan fingerprint density at radius 1 is 1.50 bits per heavy atom. The van der Waals surface area contributed by atoms with E-state index >= 15 is 0 Å². The summed E-state index contributed by atoms with van der Waals surface area (Å²) >= 11 is 0. The van der Waals surface area contributed by atoms with Crippen LogP contribution in [0.5, 0.6) is 5.75 Å². The van der Waals surface area contributed by atoms with Crippen molar-refractivity contribution in [3.8, 4) is 5.75 Å². The molecule has 0 aliphatic carbocycles. The molecular weight excluding hydrogens is 180 g/mol. The largest absolute Gasteiger partial charge is 0.478 e. The second-order valence-electron chi connectivity index (χ2n) is 3.46. The minimum Gasteiger partial charge on any atom is -0.478 e. The molecule has 0 bridgehead atoms. The summed E-state index contributed by atoms with van der Waals surface area (Å²) in [5, 5.41) is 2.75. The lowest BCUT2D eigenvalue weighted by atomic mass is 10.1. The van der Waals surface area contributed by atoms with Crippen LogP contribution >= 0.6 is 0 Å². The van der Waals surface area contributed by atoms with Gasteiger partial charge in [0.1, 0.15) is 5.75 Å². The van der Waals surface area contributed by atoms with Crippen molar-refractivity contribution in [2.45, 2.75) is 20.0 Å². The molecular formula is C10H12N2O2. The van der Waals surface area contributed by atoms with Gasteiger partial charge in [0, 0.05) is 5.69 Å². The standard InChI is InChI=1S/C10H12N2O2/c1-5-3-7(11)4-8-9(5)14-6(2)10(13)12-8/h3-4,6H,11H2,1-2H3,(H,12,13). The van der Waals surface area contributed by atoms with Gasteiger partial charge in [-0.3, -0.25) is 4.79 Å². The number of carbonyl (C=O) groups excluding carboxylic acids is 1. The number of nitrogens with one attached hydrogen (secondary N) is 1. The predicted molar refractivity (Wildman–Crippen MR) is 54.3 cm³/mol. The number of aryl methyl sites for hydroxylation is 1. The summed E-state index contributed by atoms with van der Waals surface area (Å²) < 4.78 is 5.46. The Hall–Kier alpha value is -1.71. The van der Waals surface area contributed by atoms with Crippen molar-refractivity contribution in [2.24, 2.45) is 0 Å². The molecule has 1 amide bonds. The molecule has 1 unspecified atom stereocenters. The van der Waals surface area contributed by atoms with E-state index in [0.717, 1.165) is 5.56 Å². The van der Waals surface area contributed by atoms with E-state index in [9.17, 15) is 4.79 Å². The first-order chi connectivity index (χ1) is 6.58. The predicted octanol–water partition coefficient (Wildman–Crippen LogP) is 1.30. The number of benzene rings is 1. The summed E-state index contributed by atoms with van der Waals surface area (Å²) in [6.07, 6.45) is -0.440. The van der Waals surface area contributed by atoms with Crippen LogP contribution in [-0.4, -0.2) is 12.0 Å². The van der Waals surface area contributed by atoms with Crippen molar-refractivity contribution in [1.82, 2.24) is 0 Å². The number of nitrogen functional groups attached to an aromatic ring is 1. The highest BCUT2D eigenvalue weighted by Gasteiger charge is 2.24. The third-order valence-corrected chi connectivity index (χ3v) is 2.22. The highest BCUT2D eigenvalue weighted by molar-refractivity contribution is 5.98. The van der Waals surface area contributed by atoms with Crippen LogP contribution in [0.3, 0.4) is 0 Å². The van der Waals surface area contributed by atoms with Crippen molar-refractivity contribution in [3.05, 3.63) is 17.7 Å². The second-order valence-corrected chi connectivity index (χ2v) is 3.46. The van der Waals surface area contributed by atoms with Gasteiger partial charge in [-0.15, -0.1) is 0 Å². The van der Waals surface area contributed by atoms with Gasteiger partial charge in [0.05, 0.1) is 5.69 Å². The van der Waals surface area contributed by atoms with Crippen LogP contribution in [0, 0.1) is 6.92 Å². The minimum absolute atomic E-state index is 0.137. The zero-order valence-corrected chi connectivity index (χ0v) is 8.13. The molecule has 0 radical (unpaired) electrons. The molecule has 1 aliphatic rings. The third-order valence-electron chi connectivity index (χ3n) is 2.22. The fraction of sp³-hybridized carbons (Fsp3) is 0.300. The number of carbonyl (C=O) groups is 1. The van der Waals surface area contributed by atoms with Crippen LogP contribution in [0.25, 0.3) is 0 Å². The number of anilines is 2. The zero-order valence-electron chi connectivity index (χ0n) is 8.13. The highest BCUT2D eigenvalue weighted by Crippen LogP contribution is 2.34. The normalized spacial score (nSPS) is 19.6. The summed E-state index contributed by atoms with van der Waals surface area (Å²) in [6, 6.07) is 3.52. The topological polar surface area (TPSA) is 64.3 Å². The van der Waals surface area contributed by atoms with Gasteiger partial charge in [-0.25, -0.2) is 0 Å². The van der Waals surface area contributed by atoms with E-state index in [1.54, 1.807) is 13.0 Å². The molecule has 1 heterocycles. The van der Waals surface area contributed by atoms with Crippen molar-refractivity contribution in [2.75, 3.05) is 11.1 Å². The molecule has 3 N–H and O–H groups in total. The van der Waals surface area contributed by atoms with Crippen molar-refractivity contribution in [1.29, 1.82) is 0 Å². The molecule has 4 heteroatoms. The SMILES string of the molecule is Cc1cc(N)cc2c1OC(C)C(=O)N2. The zero-order chi connectivity index (χ0) is 10.3. The number of rotatable bonds is 0. The fourth-order valence-electron chi connectivity index (χ4n) is 1.52. The van der Waals surface area contributed by atoms with Crippen LogP contribution < -0.4 is 15.8 Å². The Morgan fingerprint density at radius 3 is 2.93 bits per heavy atom. The van der Waals surface area contributed by atoms with Gasteiger partial charge in [0.15, 0.2) is 6.10 Å². The molecule has 0 saturated carbocycles. The van der Waals surface area contributed by atoms with Gasteiger partial charge in [-0.05, 0) is 31.5 Å². The maximum atomic E-state index is 11.3. The van der Waals surface area contributed by atoms with Gasteiger partial charge in [-0.2, -0.15) is 0 Å². The lowest BCUT2D eigenvalue weighted by molar-refractivity contribution is -0.122. The molecule has 0 saturated heterocycles.